The molecule has 0 spiro atoms. The van der Waals surface area contributed by atoms with Crippen molar-refractivity contribution in [3.8, 4) is 0 Å². The fourth-order valence-electron chi connectivity index (χ4n) is 2.25. The Morgan fingerprint density at radius 3 is 2.81 bits per heavy atom. The standard InChI is InChI=1S/C15H21N3O3/c1-2-16-15(20)13-11-21-9-8-18(13)14(19)10-17-12-6-4-3-5-7-12/h3-7,13,17H,2,8-11H2,1H3,(H,16,20). The van der Waals surface area contributed by atoms with Crippen molar-refractivity contribution in [3.63, 3.8) is 0 Å². The van der Waals surface area contributed by atoms with Crippen LogP contribution in [0.15, 0.2) is 30.3 Å². The van der Waals surface area contributed by atoms with Gasteiger partial charge in [0, 0.05) is 18.8 Å². The van der Waals surface area contributed by atoms with Crippen LogP contribution < -0.4 is 10.6 Å². The number of morpholine rings is 1. The largest absolute Gasteiger partial charge is 0.377 e. The molecule has 2 rings (SSSR count). The molecule has 1 aliphatic heterocycles. The Bertz CT molecular complexity index is 478. The molecule has 6 nitrogen and oxygen atoms in total. The lowest BCUT2D eigenvalue weighted by Crippen LogP contribution is -2.57. The highest BCUT2D eigenvalue weighted by molar-refractivity contribution is 5.89. The topological polar surface area (TPSA) is 70.7 Å². The molecular formula is C15H21N3O3. The third kappa shape index (κ3) is 4.19. The van der Waals surface area contributed by atoms with Gasteiger partial charge in [-0.2, -0.15) is 0 Å². The van der Waals surface area contributed by atoms with Crippen LogP contribution in [-0.2, 0) is 14.3 Å². The van der Waals surface area contributed by atoms with E-state index in [-0.39, 0.29) is 25.0 Å². The Labute approximate surface area is 124 Å². The van der Waals surface area contributed by atoms with Gasteiger partial charge >= 0.3 is 0 Å². The zero-order valence-electron chi connectivity index (χ0n) is 12.2. The SMILES string of the molecule is CCNC(=O)C1COCCN1C(=O)CNc1ccccc1. The van der Waals surface area contributed by atoms with Crippen LogP contribution in [0.2, 0.25) is 0 Å². The minimum atomic E-state index is -0.538. The number of likely N-dealkylation sites (N-methyl/N-ethyl adjacent to an activating group) is 1. The van der Waals surface area contributed by atoms with Crippen LogP contribution >= 0.6 is 0 Å². The molecular weight excluding hydrogens is 270 g/mol. The van der Waals surface area contributed by atoms with Crippen molar-refractivity contribution in [1.82, 2.24) is 10.2 Å². The first kappa shape index (κ1) is 15.3. The lowest BCUT2D eigenvalue weighted by Gasteiger charge is -2.34. The molecule has 0 radical (unpaired) electrons. The normalized spacial score (nSPS) is 18.1. The number of para-hydroxylation sites is 1. The first-order chi connectivity index (χ1) is 10.2. The molecule has 1 fully saturated rings. The van der Waals surface area contributed by atoms with E-state index in [2.05, 4.69) is 10.6 Å². The summed E-state index contributed by atoms with van der Waals surface area (Å²) >= 11 is 0. The summed E-state index contributed by atoms with van der Waals surface area (Å²) in [4.78, 5) is 25.9. The van der Waals surface area contributed by atoms with Gasteiger partial charge in [-0.3, -0.25) is 9.59 Å². The number of ether oxygens (including phenoxy) is 1. The molecule has 1 aliphatic rings. The lowest BCUT2D eigenvalue weighted by molar-refractivity contribution is -0.147. The molecule has 114 valence electrons. The van der Waals surface area contributed by atoms with Gasteiger partial charge in [0.25, 0.3) is 0 Å². The van der Waals surface area contributed by atoms with Gasteiger partial charge in [0.15, 0.2) is 0 Å². The third-order valence-corrected chi connectivity index (χ3v) is 3.32. The molecule has 0 bridgehead atoms. The lowest BCUT2D eigenvalue weighted by atomic mass is 10.2. The van der Waals surface area contributed by atoms with Gasteiger partial charge in [-0.1, -0.05) is 18.2 Å². The molecule has 21 heavy (non-hydrogen) atoms. The third-order valence-electron chi connectivity index (χ3n) is 3.32. The van der Waals surface area contributed by atoms with Gasteiger partial charge in [0.1, 0.15) is 6.04 Å². The van der Waals surface area contributed by atoms with Crippen LogP contribution in [0.1, 0.15) is 6.92 Å². The summed E-state index contributed by atoms with van der Waals surface area (Å²) in [5.74, 6) is -0.260. The van der Waals surface area contributed by atoms with Crippen LogP contribution in [0.5, 0.6) is 0 Å². The zero-order valence-corrected chi connectivity index (χ0v) is 12.2. The highest BCUT2D eigenvalue weighted by Crippen LogP contribution is 2.09. The monoisotopic (exact) mass is 291 g/mol. The maximum absolute atomic E-state index is 12.3. The molecule has 2 N–H and O–H groups in total. The minimum Gasteiger partial charge on any atom is -0.377 e. The number of nitrogens with zero attached hydrogens (tertiary/aromatic N) is 1. The molecule has 2 amide bonds. The smallest absolute Gasteiger partial charge is 0.245 e. The average molecular weight is 291 g/mol. The number of hydrogen-bond acceptors (Lipinski definition) is 4. The number of anilines is 1. The van der Waals surface area contributed by atoms with Crippen LogP contribution in [0.3, 0.4) is 0 Å². The predicted octanol–water partition coefficient (Wildman–Crippen LogP) is 0.462. The van der Waals surface area contributed by atoms with E-state index >= 15 is 0 Å². The van der Waals surface area contributed by atoms with Crippen molar-refractivity contribution in [3.05, 3.63) is 30.3 Å². The van der Waals surface area contributed by atoms with Crippen LogP contribution in [0.25, 0.3) is 0 Å². The van der Waals surface area contributed by atoms with Gasteiger partial charge in [-0.15, -0.1) is 0 Å². The molecule has 0 saturated carbocycles. The second-order valence-corrected chi connectivity index (χ2v) is 4.79. The summed E-state index contributed by atoms with van der Waals surface area (Å²) < 4.78 is 5.32. The number of carbonyl (C=O) groups excluding carboxylic acids is 2. The Kier molecular flexibility index (Phi) is 5.57. The quantitative estimate of drug-likeness (QED) is 0.827. The van der Waals surface area contributed by atoms with Gasteiger partial charge in [0.2, 0.25) is 11.8 Å². The Hall–Kier alpha value is -2.08. The maximum Gasteiger partial charge on any atom is 0.245 e. The van der Waals surface area contributed by atoms with E-state index in [0.717, 1.165) is 5.69 Å². The summed E-state index contributed by atoms with van der Waals surface area (Å²) in [7, 11) is 0. The maximum atomic E-state index is 12.3. The van der Waals surface area contributed by atoms with Crippen LogP contribution in [-0.4, -0.2) is 55.6 Å². The first-order valence-corrected chi connectivity index (χ1v) is 7.16. The second kappa shape index (κ2) is 7.64. The number of rotatable bonds is 5. The summed E-state index contributed by atoms with van der Waals surface area (Å²) in [6.45, 7) is 3.72. The van der Waals surface area contributed by atoms with Crippen molar-refractivity contribution < 1.29 is 14.3 Å². The number of hydrogen-bond donors (Lipinski definition) is 2. The van der Waals surface area contributed by atoms with Crippen molar-refractivity contribution in [2.45, 2.75) is 13.0 Å². The molecule has 1 saturated heterocycles. The highest BCUT2D eigenvalue weighted by atomic mass is 16.5. The summed E-state index contributed by atoms with van der Waals surface area (Å²) in [5, 5.41) is 5.81. The van der Waals surface area contributed by atoms with E-state index < -0.39 is 6.04 Å². The molecule has 6 heteroatoms. The molecule has 1 heterocycles. The first-order valence-electron chi connectivity index (χ1n) is 7.16. The van der Waals surface area contributed by atoms with Gasteiger partial charge in [-0.05, 0) is 19.1 Å². The van der Waals surface area contributed by atoms with E-state index in [9.17, 15) is 9.59 Å². The van der Waals surface area contributed by atoms with E-state index in [4.69, 9.17) is 4.74 Å². The minimum absolute atomic E-state index is 0.0987. The second-order valence-electron chi connectivity index (χ2n) is 4.79. The van der Waals surface area contributed by atoms with Crippen LogP contribution in [0, 0.1) is 0 Å². The fourth-order valence-corrected chi connectivity index (χ4v) is 2.25. The van der Waals surface area contributed by atoms with Gasteiger partial charge in [-0.25, -0.2) is 0 Å². The highest BCUT2D eigenvalue weighted by Gasteiger charge is 2.32. The summed E-state index contributed by atoms with van der Waals surface area (Å²) in [5.41, 5.74) is 0.883. The number of nitrogens with one attached hydrogen (secondary N) is 2. The number of amides is 2. The molecule has 1 atom stereocenters. The van der Waals surface area contributed by atoms with E-state index in [1.54, 1.807) is 4.90 Å². The van der Waals surface area contributed by atoms with E-state index in [0.29, 0.717) is 19.7 Å². The van der Waals surface area contributed by atoms with Crippen molar-refractivity contribution in [2.75, 3.05) is 38.2 Å². The van der Waals surface area contributed by atoms with Crippen molar-refractivity contribution >= 4 is 17.5 Å². The van der Waals surface area contributed by atoms with E-state index in [1.165, 1.54) is 0 Å². The molecule has 1 aromatic carbocycles. The van der Waals surface area contributed by atoms with E-state index in [1.807, 2.05) is 37.3 Å². The molecule has 1 unspecified atom stereocenters. The molecule has 0 aromatic heterocycles. The Morgan fingerprint density at radius 1 is 1.33 bits per heavy atom. The van der Waals surface area contributed by atoms with Gasteiger partial charge in [0.05, 0.1) is 19.8 Å². The Morgan fingerprint density at radius 2 is 2.10 bits per heavy atom. The average Bonchev–Trinajstić information content (AvgIpc) is 2.54. The Balaban J connectivity index is 1.93. The number of benzene rings is 1. The number of carbonyl (C=O) groups is 2. The van der Waals surface area contributed by atoms with Crippen molar-refractivity contribution in [2.24, 2.45) is 0 Å². The fraction of sp³-hybridized carbons (Fsp3) is 0.467. The predicted molar refractivity (Wildman–Crippen MR) is 79.9 cm³/mol. The summed E-state index contributed by atoms with van der Waals surface area (Å²) in [6, 6.07) is 8.98. The molecule has 0 aliphatic carbocycles. The zero-order chi connectivity index (χ0) is 15.1. The van der Waals surface area contributed by atoms with Gasteiger partial charge < -0.3 is 20.3 Å². The van der Waals surface area contributed by atoms with Crippen molar-refractivity contribution in [1.29, 1.82) is 0 Å². The summed E-state index contributed by atoms with van der Waals surface area (Å²) in [6.07, 6.45) is 0. The molecule has 1 aromatic rings. The van der Waals surface area contributed by atoms with Crippen LogP contribution in [0.4, 0.5) is 5.69 Å².